The van der Waals surface area contributed by atoms with Crippen molar-refractivity contribution < 1.29 is 14.3 Å². The Morgan fingerprint density at radius 3 is 2.72 bits per heavy atom. The van der Waals surface area contributed by atoms with Gasteiger partial charge in [0.1, 0.15) is 12.0 Å². The van der Waals surface area contributed by atoms with Crippen LogP contribution in [0.4, 0.5) is 5.69 Å². The number of amides is 1. The van der Waals surface area contributed by atoms with Crippen molar-refractivity contribution in [3.05, 3.63) is 64.5 Å². The topological polar surface area (TPSA) is 68.3 Å². The van der Waals surface area contributed by atoms with Crippen molar-refractivity contribution in [2.24, 2.45) is 0 Å². The van der Waals surface area contributed by atoms with Crippen molar-refractivity contribution in [3.8, 4) is 17.0 Å². The van der Waals surface area contributed by atoms with Gasteiger partial charge in [-0.3, -0.25) is 9.59 Å². The van der Waals surface area contributed by atoms with Crippen LogP contribution in [0.5, 0.6) is 5.75 Å². The normalized spacial score (nSPS) is 10.3. The molecule has 126 valence electrons. The van der Waals surface area contributed by atoms with Crippen LogP contribution < -0.4 is 10.1 Å². The van der Waals surface area contributed by atoms with Gasteiger partial charge in [-0.05, 0) is 43.3 Å². The number of nitrogens with zero attached hydrogens (tertiary/aromatic N) is 1. The Labute approximate surface area is 149 Å². The van der Waals surface area contributed by atoms with Crippen molar-refractivity contribution in [2.75, 3.05) is 11.9 Å². The lowest BCUT2D eigenvalue weighted by Gasteiger charge is -2.08. The first-order valence-electron chi connectivity index (χ1n) is 7.64. The molecule has 0 aliphatic rings. The zero-order valence-electron chi connectivity index (χ0n) is 13.6. The Morgan fingerprint density at radius 1 is 1.24 bits per heavy atom. The van der Waals surface area contributed by atoms with Crippen LogP contribution in [0.3, 0.4) is 0 Å². The maximum Gasteiger partial charge on any atom is 0.262 e. The standard InChI is InChI=1S/C19H16N2O3S/c1-13-20-18(12-25-13)15-3-2-4-16(9-15)21-19(23)11-24-17-7-5-14(10-22)6-8-17/h2-10,12H,11H2,1H3,(H,21,23). The lowest BCUT2D eigenvalue weighted by Crippen LogP contribution is -2.20. The minimum Gasteiger partial charge on any atom is -0.484 e. The zero-order chi connectivity index (χ0) is 17.6. The highest BCUT2D eigenvalue weighted by molar-refractivity contribution is 7.09. The van der Waals surface area contributed by atoms with E-state index >= 15 is 0 Å². The minimum absolute atomic E-state index is 0.111. The van der Waals surface area contributed by atoms with E-state index in [0.717, 1.165) is 22.6 Å². The van der Waals surface area contributed by atoms with Crippen molar-refractivity contribution in [1.82, 2.24) is 4.98 Å². The number of thiazole rings is 1. The van der Waals surface area contributed by atoms with Crippen LogP contribution in [0.1, 0.15) is 15.4 Å². The van der Waals surface area contributed by atoms with Crippen LogP contribution in [0.15, 0.2) is 53.9 Å². The third-order valence-electron chi connectivity index (χ3n) is 3.45. The molecule has 0 bridgehead atoms. The predicted octanol–water partition coefficient (Wildman–Crippen LogP) is 3.95. The average molecular weight is 352 g/mol. The highest BCUT2D eigenvalue weighted by Crippen LogP contribution is 2.24. The molecule has 0 saturated carbocycles. The molecule has 0 unspecified atom stereocenters. The summed E-state index contributed by atoms with van der Waals surface area (Å²) in [6.45, 7) is 1.85. The Hall–Kier alpha value is -2.99. The number of benzene rings is 2. The van der Waals surface area contributed by atoms with E-state index in [9.17, 15) is 9.59 Å². The van der Waals surface area contributed by atoms with Crippen LogP contribution in [0.2, 0.25) is 0 Å². The Balaban J connectivity index is 1.59. The highest BCUT2D eigenvalue weighted by Gasteiger charge is 2.07. The number of hydrogen-bond donors (Lipinski definition) is 1. The Kier molecular flexibility index (Phi) is 5.20. The lowest BCUT2D eigenvalue weighted by atomic mass is 10.1. The molecule has 0 spiro atoms. The van der Waals surface area contributed by atoms with Gasteiger partial charge < -0.3 is 10.1 Å². The molecule has 1 N–H and O–H groups in total. The number of rotatable bonds is 6. The number of aromatic nitrogens is 1. The van der Waals surface area contributed by atoms with Crippen molar-refractivity contribution in [2.45, 2.75) is 6.92 Å². The summed E-state index contributed by atoms with van der Waals surface area (Å²) < 4.78 is 5.42. The van der Waals surface area contributed by atoms with Gasteiger partial charge in [-0.15, -0.1) is 11.3 Å². The molecule has 3 aromatic rings. The van der Waals surface area contributed by atoms with Crippen molar-refractivity contribution in [3.63, 3.8) is 0 Å². The summed E-state index contributed by atoms with van der Waals surface area (Å²) in [5.74, 6) is 0.276. The third kappa shape index (κ3) is 4.51. The summed E-state index contributed by atoms with van der Waals surface area (Å²) >= 11 is 1.59. The molecule has 25 heavy (non-hydrogen) atoms. The molecular formula is C19H16N2O3S. The molecule has 0 aliphatic carbocycles. The highest BCUT2D eigenvalue weighted by atomic mass is 32.1. The van der Waals surface area contributed by atoms with Crippen molar-refractivity contribution in [1.29, 1.82) is 0 Å². The number of aryl methyl sites for hydroxylation is 1. The van der Waals surface area contributed by atoms with Crippen LogP contribution in [0.25, 0.3) is 11.3 Å². The van der Waals surface area contributed by atoms with Gasteiger partial charge in [-0.1, -0.05) is 12.1 Å². The summed E-state index contributed by atoms with van der Waals surface area (Å²) in [6, 6.07) is 14.1. The van der Waals surface area contributed by atoms with Crippen LogP contribution in [-0.4, -0.2) is 23.8 Å². The first-order chi connectivity index (χ1) is 12.1. The molecular weight excluding hydrogens is 336 g/mol. The summed E-state index contributed by atoms with van der Waals surface area (Å²) in [7, 11) is 0. The van der Waals surface area contributed by atoms with Gasteiger partial charge in [0, 0.05) is 22.2 Å². The number of hydrogen-bond acceptors (Lipinski definition) is 5. The van der Waals surface area contributed by atoms with E-state index in [0.29, 0.717) is 17.0 Å². The van der Waals surface area contributed by atoms with E-state index in [1.54, 1.807) is 35.6 Å². The minimum atomic E-state index is -0.258. The van der Waals surface area contributed by atoms with Gasteiger partial charge in [-0.2, -0.15) is 0 Å². The summed E-state index contributed by atoms with van der Waals surface area (Å²) in [5, 5.41) is 5.79. The fourth-order valence-electron chi connectivity index (χ4n) is 2.24. The smallest absolute Gasteiger partial charge is 0.262 e. The second kappa shape index (κ2) is 7.72. The third-order valence-corrected chi connectivity index (χ3v) is 4.22. The molecule has 6 heteroatoms. The molecule has 1 heterocycles. The average Bonchev–Trinajstić information content (AvgIpc) is 3.07. The molecule has 0 radical (unpaired) electrons. The Morgan fingerprint density at radius 2 is 2.04 bits per heavy atom. The predicted molar refractivity (Wildman–Crippen MR) is 98.2 cm³/mol. The van der Waals surface area contributed by atoms with Crippen LogP contribution in [-0.2, 0) is 4.79 Å². The maximum atomic E-state index is 12.1. The van der Waals surface area contributed by atoms with Crippen LogP contribution in [0, 0.1) is 6.92 Å². The van der Waals surface area contributed by atoms with E-state index in [1.807, 2.05) is 36.6 Å². The SMILES string of the molecule is Cc1nc(-c2cccc(NC(=O)COc3ccc(C=O)cc3)c2)cs1. The molecule has 2 aromatic carbocycles. The van der Waals surface area contributed by atoms with E-state index in [2.05, 4.69) is 10.3 Å². The summed E-state index contributed by atoms with van der Waals surface area (Å²) in [5.41, 5.74) is 3.09. The van der Waals surface area contributed by atoms with Crippen LogP contribution >= 0.6 is 11.3 Å². The maximum absolute atomic E-state index is 12.1. The largest absolute Gasteiger partial charge is 0.484 e. The van der Waals surface area contributed by atoms with E-state index in [4.69, 9.17) is 4.74 Å². The molecule has 1 aromatic heterocycles. The monoisotopic (exact) mass is 352 g/mol. The van der Waals surface area contributed by atoms with Gasteiger partial charge in [0.2, 0.25) is 0 Å². The van der Waals surface area contributed by atoms with Crippen molar-refractivity contribution >= 4 is 29.2 Å². The number of carbonyl (C=O) groups is 2. The summed E-state index contributed by atoms with van der Waals surface area (Å²) in [6.07, 6.45) is 0.757. The first-order valence-corrected chi connectivity index (χ1v) is 8.52. The van der Waals surface area contributed by atoms with E-state index in [-0.39, 0.29) is 12.5 Å². The molecule has 1 amide bonds. The fourth-order valence-corrected chi connectivity index (χ4v) is 2.86. The molecule has 3 rings (SSSR count). The fraction of sp³-hybridized carbons (Fsp3) is 0.105. The van der Waals surface area contributed by atoms with Gasteiger partial charge in [0.15, 0.2) is 6.61 Å². The molecule has 0 atom stereocenters. The lowest BCUT2D eigenvalue weighted by molar-refractivity contribution is -0.118. The molecule has 0 fully saturated rings. The molecule has 0 aliphatic heterocycles. The van der Waals surface area contributed by atoms with Gasteiger partial charge in [0.25, 0.3) is 5.91 Å². The number of ether oxygens (including phenoxy) is 1. The number of nitrogens with one attached hydrogen (secondary N) is 1. The van der Waals surface area contributed by atoms with Gasteiger partial charge >= 0.3 is 0 Å². The van der Waals surface area contributed by atoms with Gasteiger partial charge in [0.05, 0.1) is 10.7 Å². The second-order valence-electron chi connectivity index (χ2n) is 5.36. The number of anilines is 1. The van der Waals surface area contributed by atoms with E-state index < -0.39 is 0 Å². The molecule has 5 nitrogen and oxygen atoms in total. The summed E-state index contributed by atoms with van der Waals surface area (Å²) in [4.78, 5) is 27.1. The number of aldehydes is 1. The Bertz CT molecular complexity index is 888. The zero-order valence-corrected chi connectivity index (χ0v) is 14.4. The first kappa shape index (κ1) is 16.9. The molecule has 0 saturated heterocycles. The quantitative estimate of drug-likeness (QED) is 0.682. The van der Waals surface area contributed by atoms with E-state index in [1.165, 1.54) is 0 Å². The van der Waals surface area contributed by atoms with Gasteiger partial charge in [-0.25, -0.2) is 4.98 Å². The number of carbonyl (C=O) groups excluding carboxylic acids is 2. The second-order valence-corrected chi connectivity index (χ2v) is 6.42.